The third kappa shape index (κ3) is 3.76. The van der Waals surface area contributed by atoms with Gasteiger partial charge < -0.3 is 9.64 Å². The molecule has 1 aliphatic heterocycles. The standard InChI is InChI=1S/C11H17NO6S/c1-7(13)4-10(14)12-6-8(19(3,16)17)5-9(12)11(15)18-2/h8-9H,4-6H2,1-3H3/t8-,9+/m1/s1. The molecule has 0 aliphatic carbocycles. The van der Waals surface area contributed by atoms with Crippen molar-refractivity contribution < 1.29 is 27.5 Å². The van der Waals surface area contributed by atoms with Crippen LogP contribution in [0.15, 0.2) is 0 Å². The molecule has 1 saturated heterocycles. The van der Waals surface area contributed by atoms with Gasteiger partial charge in [-0.25, -0.2) is 13.2 Å². The van der Waals surface area contributed by atoms with Crippen molar-refractivity contribution in [1.82, 2.24) is 4.90 Å². The first kappa shape index (κ1) is 15.6. The van der Waals surface area contributed by atoms with Gasteiger partial charge >= 0.3 is 5.97 Å². The minimum absolute atomic E-state index is 0.00908. The number of ether oxygens (including phenoxy) is 1. The van der Waals surface area contributed by atoms with E-state index in [1.54, 1.807) is 0 Å². The van der Waals surface area contributed by atoms with E-state index in [9.17, 15) is 22.8 Å². The van der Waals surface area contributed by atoms with Crippen LogP contribution in [0.4, 0.5) is 0 Å². The van der Waals surface area contributed by atoms with E-state index >= 15 is 0 Å². The molecule has 0 bridgehead atoms. The van der Waals surface area contributed by atoms with Gasteiger partial charge in [0.25, 0.3) is 0 Å². The number of ketones is 1. The second kappa shape index (κ2) is 5.68. The molecule has 8 heteroatoms. The fourth-order valence-corrected chi connectivity index (χ4v) is 3.02. The van der Waals surface area contributed by atoms with Gasteiger partial charge in [-0.3, -0.25) is 9.59 Å². The first-order valence-corrected chi connectivity index (χ1v) is 7.68. The number of carbonyl (C=O) groups excluding carboxylic acids is 3. The summed E-state index contributed by atoms with van der Waals surface area (Å²) in [6.07, 6.45) is 0.726. The molecule has 108 valence electrons. The number of hydrogen-bond acceptors (Lipinski definition) is 6. The van der Waals surface area contributed by atoms with Gasteiger partial charge in [0.2, 0.25) is 5.91 Å². The topological polar surface area (TPSA) is 97.8 Å². The molecular weight excluding hydrogens is 274 g/mol. The summed E-state index contributed by atoms with van der Waals surface area (Å²) in [5.74, 6) is -1.55. The van der Waals surface area contributed by atoms with Crippen LogP contribution >= 0.6 is 0 Å². The van der Waals surface area contributed by atoms with Crippen molar-refractivity contribution in [2.24, 2.45) is 0 Å². The Kier molecular flexibility index (Phi) is 4.67. The number of sulfone groups is 1. The van der Waals surface area contributed by atoms with Crippen LogP contribution in [0.1, 0.15) is 19.8 Å². The predicted molar refractivity (Wildman–Crippen MR) is 66.1 cm³/mol. The maximum atomic E-state index is 11.9. The minimum Gasteiger partial charge on any atom is -0.467 e. The van der Waals surface area contributed by atoms with E-state index in [1.165, 1.54) is 14.0 Å². The fourth-order valence-electron chi connectivity index (χ4n) is 2.06. The molecule has 1 rings (SSSR count). The molecule has 0 radical (unpaired) electrons. The van der Waals surface area contributed by atoms with Crippen LogP contribution in [0.25, 0.3) is 0 Å². The number of carbonyl (C=O) groups is 3. The van der Waals surface area contributed by atoms with Gasteiger partial charge in [0, 0.05) is 12.8 Å². The number of nitrogens with zero attached hydrogens (tertiary/aromatic N) is 1. The Hall–Kier alpha value is -1.44. The van der Waals surface area contributed by atoms with Crippen LogP contribution in [0.3, 0.4) is 0 Å². The lowest BCUT2D eigenvalue weighted by atomic mass is 10.2. The Morgan fingerprint density at radius 2 is 1.89 bits per heavy atom. The first-order chi connectivity index (χ1) is 8.66. The van der Waals surface area contributed by atoms with Gasteiger partial charge in [-0.2, -0.15) is 0 Å². The van der Waals surface area contributed by atoms with Crippen LogP contribution in [0, 0.1) is 0 Å². The van der Waals surface area contributed by atoms with Crippen LogP contribution in [0.5, 0.6) is 0 Å². The third-order valence-electron chi connectivity index (χ3n) is 3.06. The quantitative estimate of drug-likeness (QED) is 0.494. The third-order valence-corrected chi connectivity index (χ3v) is 4.61. The molecule has 2 atom stereocenters. The van der Waals surface area contributed by atoms with Crippen molar-refractivity contribution >= 4 is 27.5 Å². The number of likely N-dealkylation sites (tertiary alicyclic amines) is 1. The zero-order valence-corrected chi connectivity index (χ0v) is 11.9. The number of hydrogen-bond donors (Lipinski definition) is 0. The fraction of sp³-hybridized carbons (Fsp3) is 0.727. The number of esters is 1. The van der Waals surface area contributed by atoms with E-state index in [2.05, 4.69) is 4.74 Å². The van der Waals surface area contributed by atoms with Crippen molar-refractivity contribution in [3.63, 3.8) is 0 Å². The molecule has 0 aromatic carbocycles. The highest BCUT2D eigenvalue weighted by Crippen LogP contribution is 2.24. The van der Waals surface area contributed by atoms with Gasteiger partial charge in [0.05, 0.1) is 18.8 Å². The number of rotatable bonds is 4. The summed E-state index contributed by atoms with van der Waals surface area (Å²) >= 11 is 0. The molecule has 0 spiro atoms. The monoisotopic (exact) mass is 291 g/mol. The molecule has 1 aliphatic rings. The van der Waals surface area contributed by atoms with E-state index in [4.69, 9.17) is 0 Å². The first-order valence-electron chi connectivity index (χ1n) is 5.72. The summed E-state index contributed by atoms with van der Waals surface area (Å²) in [5.41, 5.74) is 0. The van der Waals surface area contributed by atoms with Crippen molar-refractivity contribution in [3.05, 3.63) is 0 Å². The summed E-state index contributed by atoms with van der Waals surface area (Å²) in [7, 11) is -2.19. The Bertz CT molecular complexity index is 497. The average molecular weight is 291 g/mol. The number of Topliss-reactive ketones (excluding diaryl/α,β-unsaturated/α-hetero) is 1. The predicted octanol–water partition coefficient (Wildman–Crippen LogP) is -0.847. The average Bonchev–Trinajstić information content (AvgIpc) is 2.71. The Labute approximate surface area is 111 Å². The van der Waals surface area contributed by atoms with Crippen molar-refractivity contribution in [2.45, 2.75) is 31.1 Å². The van der Waals surface area contributed by atoms with Gasteiger partial charge in [-0.15, -0.1) is 0 Å². The lowest BCUT2D eigenvalue weighted by molar-refractivity contribution is -0.151. The van der Waals surface area contributed by atoms with E-state index in [-0.39, 0.29) is 25.2 Å². The van der Waals surface area contributed by atoms with Crippen LogP contribution in [0.2, 0.25) is 0 Å². The summed E-state index contributed by atoms with van der Waals surface area (Å²) in [5, 5.41) is -0.799. The zero-order valence-electron chi connectivity index (χ0n) is 11.1. The maximum absolute atomic E-state index is 11.9. The molecule has 7 nitrogen and oxygen atoms in total. The molecular formula is C11H17NO6S. The van der Waals surface area contributed by atoms with E-state index in [0.717, 1.165) is 11.2 Å². The van der Waals surface area contributed by atoms with E-state index in [1.807, 2.05) is 0 Å². The number of methoxy groups -OCH3 is 1. The second-order valence-corrected chi connectivity index (χ2v) is 6.98. The Balaban J connectivity index is 2.95. The molecule has 19 heavy (non-hydrogen) atoms. The normalized spacial score (nSPS) is 23.2. The highest BCUT2D eigenvalue weighted by Gasteiger charge is 2.43. The van der Waals surface area contributed by atoms with Gasteiger partial charge in [0.15, 0.2) is 9.84 Å². The molecule has 1 heterocycles. The van der Waals surface area contributed by atoms with E-state index in [0.29, 0.717) is 0 Å². The van der Waals surface area contributed by atoms with Gasteiger partial charge in [0.1, 0.15) is 11.8 Å². The summed E-state index contributed by atoms with van der Waals surface area (Å²) in [4.78, 5) is 35.5. The summed E-state index contributed by atoms with van der Waals surface area (Å²) < 4.78 is 27.6. The lowest BCUT2D eigenvalue weighted by Gasteiger charge is -2.21. The largest absolute Gasteiger partial charge is 0.467 e. The lowest BCUT2D eigenvalue weighted by Crippen LogP contribution is -2.41. The molecule has 1 fully saturated rings. The van der Waals surface area contributed by atoms with Crippen LogP contribution < -0.4 is 0 Å². The van der Waals surface area contributed by atoms with Gasteiger partial charge in [-0.1, -0.05) is 0 Å². The van der Waals surface area contributed by atoms with Gasteiger partial charge in [-0.05, 0) is 13.3 Å². The summed E-state index contributed by atoms with van der Waals surface area (Å²) in [6.45, 7) is 1.18. The van der Waals surface area contributed by atoms with Crippen molar-refractivity contribution in [3.8, 4) is 0 Å². The molecule has 0 N–H and O–H groups in total. The minimum atomic E-state index is -3.36. The zero-order chi connectivity index (χ0) is 14.8. The number of amides is 1. The Morgan fingerprint density at radius 1 is 1.32 bits per heavy atom. The second-order valence-electron chi connectivity index (χ2n) is 4.65. The molecule has 0 saturated carbocycles. The highest BCUT2D eigenvalue weighted by atomic mass is 32.2. The van der Waals surface area contributed by atoms with Crippen molar-refractivity contribution in [1.29, 1.82) is 0 Å². The van der Waals surface area contributed by atoms with E-state index < -0.39 is 33.0 Å². The molecule has 0 aromatic rings. The molecule has 0 unspecified atom stereocenters. The summed E-state index contributed by atoms with van der Waals surface area (Å²) in [6, 6.07) is -0.934. The highest BCUT2D eigenvalue weighted by molar-refractivity contribution is 7.91. The van der Waals surface area contributed by atoms with Crippen LogP contribution in [-0.2, 0) is 29.0 Å². The maximum Gasteiger partial charge on any atom is 0.328 e. The SMILES string of the molecule is COC(=O)[C@@H]1C[C@@H](S(C)(=O)=O)CN1C(=O)CC(C)=O. The van der Waals surface area contributed by atoms with Crippen LogP contribution in [-0.4, -0.2) is 62.2 Å². The molecule has 0 aromatic heterocycles. The van der Waals surface area contributed by atoms with Crippen molar-refractivity contribution in [2.75, 3.05) is 19.9 Å². The molecule has 1 amide bonds. The smallest absolute Gasteiger partial charge is 0.328 e. The Morgan fingerprint density at radius 3 is 2.32 bits per heavy atom.